The fourth-order valence-corrected chi connectivity index (χ4v) is 5.15. The van der Waals surface area contributed by atoms with Crippen molar-refractivity contribution in [3.63, 3.8) is 0 Å². The summed E-state index contributed by atoms with van der Waals surface area (Å²) in [4.78, 5) is 24.6. The van der Waals surface area contributed by atoms with Crippen LogP contribution in [0.15, 0.2) is 53.7 Å². The lowest BCUT2D eigenvalue weighted by Gasteiger charge is -2.26. The molecule has 0 bridgehead atoms. The molecule has 11 nitrogen and oxygen atoms in total. The van der Waals surface area contributed by atoms with E-state index >= 15 is 0 Å². The molecule has 2 heterocycles. The molecule has 1 aromatic heterocycles. The molecule has 3 aromatic rings. The zero-order valence-electron chi connectivity index (χ0n) is 17.9. The van der Waals surface area contributed by atoms with Crippen LogP contribution in [0.1, 0.15) is 29.6 Å². The Hall–Kier alpha value is -3.35. The van der Waals surface area contributed by atoms with Crippen LogP contribution in [0.3, 0.4) is 0 Å². The van der Waals surface area contributed by atoms with Crippen molar-refractivity contribution in [2.24, 2.45) is 0 Å². The number of anilines is 1. The van der Waals surface area contributed by atoms with E-state index in [0.29, 0.717) is 18.8 Å². The van der Waals surface area contributed by atoms with Gasteiger partial charge in [-0.2, -0.15) is 4.31 Å². The zero-order chi connectivity index (χ0) is 24.1. The summed E-state index contributed by atoms with van der Waals surface area (Å²) in [6.45, 7) is 0.339. The van der Waals surface area contributed by atoms with Gasteiger partial charge in [-0.15, -0.1) is 5.10 Å². The predicted octanol–water partition coefficient (Wildman–Crippen LogP) is 2.29. The van der Waals surface area contributed by atoms with Crippen LogP contribution in [0, 0.1) is 0 Å². The van der Waals surface area contributed by atoms with Crippen molar-refractivity contribution < 1.29 is 22.7 Å². The Kier molecular flexibility index (Phi) is 7.20. The highest BCUT2D eigenvalue weighted by molar-refractivity contribution is 7.89. The summed E-state index contributed by atoms with van der Waals surface area (Å²) in [5.74, 6) is -1.36. The minimum atomic E-state index is -3.69. The minimum Gasteiger partial charge on any atom is -0.452 e. The van der Waals surface area contributed by atoms with Crippen molar-refractivity contribution in [1.29, 1.82) is 0 Å². The minimum absolute atomic E-state index is 0.0359. The Balaban J connectivity index is 1.37. The van der Waals surface area contributed by atoms with E-state index in [1.54, 1.807) is 12.1 Å². The molecule has 0 aliphatic carbocycles. The molecule has 34 heavy (non-hydrogen) atoms. The Bertz CT molecular complexity index is 1280. The smallest absolute Gasteiger partial charge is 0.338 e. The number of esters is 1. The molecule has 0 saturated carbocycles. The normalized spacial score (nSPS) is 14.5. The molecule has 0 spiro atoms. The largest absolute Gasteiger partial charge is 0.452 e. The number of nitrogens with zero attached hydrogens (tertiary/aromatic N) is 5. The molecule has 2 aromatic carbocycles. The molecule has 0 unspecified atom stereocenters. The van der Waals surface area contributed by atoms with E-state index < -0.39 is 28.5 Å². The molecule has 1 amide bonds. The van der Waals surface area contributed by atoms with Crippen LogP contribution in [0.2, 0.25) is 5.02 Å². The summed E-state index contributed by atoms with van der Waals surface area (Å²) >= 11 is 6.14. The van der Waals surface area contributed by atoms with Crippen LogP contribution < -0.4 is 5.32 Å². The number of carbonyl (C=O) groups is 2. The van der Waals surface area contributed by atoms with Crippen LogP contribution in [0.5, 0.6) is 0 Å². The van der Waals surface area contributed by atoms with E-state index in [-0.39, 0.29) is 21.2 Å². The van der Waals surface area contributed by atoms with Gasteiger partial charge in [0.2, 0.25) is 10.0 Å². The summed E-state index contributed by atoms with van der Waals surface area (Å²) < 4.78 is 33.7. The lowest BCUT2D eigenvalue weighted by atomic mass is 10.2. The van der Waals surface area contributed by atoms with Gasteiger partial charge in [0, 0.05) is 13.1 Å². The van der Waals surface area contributed by atoms with Crippen molar-refractivity contribution in [1.82, 2.24) is 24.5 Å². The van der Waals surface area contributed by atoms with Gasteiger partial charge in [-0.25, -0.2) is 17.9 Å². The van der Waals surface area contributed by atoms with Crippen molar-refractivity contribution in [3.05, 3.63) is 59.4 Å². The molecule has 0 atom stereocenters. The Labute approximate surface area is 200 Å². The maximum atomic E-state index is 12.9. The van der Waals surface area contributed by atoms with Crippen molar-refractivity contribution >= 4 is 39.2 Å². The highest BCUT2D eigenvalue weighted by Crippen LogP contribution is 2.28. The van der Waals surface area contributed by atoms with Crippen molar-refractivity contribution in [2.45, 2.75) is 24.2 Å². The van der Waals surface area contributed by atoms with Gasteiger partial charge < -0.3 is 10.1 Å². The highest BCUT2D eigenvalue weighted by atomic mass is 35.5. The maximum absolute atomic E-state index is 12.9. The van der Waals surface area contributed by atoms with Gasteiger partial charge in [0.05, 0.1) is 26.9 Å². The van der Waals surface area contributed by atoms with Gasteiger partial charge in [-0.1, -0.05) is 18.0 Å². The van der Waals surface area contributed by atoms with Gasteiger partial charge in [0.15, 0.2) is 6.61 Å². The number of halogens is 1. The van der Waals surface area contributed by atoms with Gasteiger partial charge in [-0.3, -0.25) is 4.79 Å². The number of aromatic nitrogens is 4. The SMILES string of the molecule is O=C(COC(=O)c1ccc(-n2cnnn2)cc1)Nc1cc(S(=O)(=O)N2CCCCC2)ccc1Cl. The van der Waals surface area contributed by atoms with Crippen LogP contribution in [-0.4, -0.2) is 64.5 Å². The number of tetrazole rings is 1. The van der Waals surface area contributed by atoms with E-state index in [4.69, 9.17) is 16.3 Å². The van der Waals surface area contributed by atoms with Crippen molar-refractivity contribution in [3.8, 4) is 5.69 Å². The van der Waals surface area contributed by atoms with Crippen LogP contribution in [-0.2, 0) is 19.6 Å². The quantitative estimate of drug-likeness (QED) is 0.484. The van der Waals surface area contributed by atoms with E-state index in [1.165, 1.54) is 45.6 Å². The Morgan fingerprint density at radius 2 is 1.79 bits per heavy atom. The molecule has 13 heteroatoms. The van der Waals surface area contributed by atoms with Crippen LogP contribution in [0.25, 0.3) is 5.69 Å². The van der Waals surface area contributed by atoms with Gasteiger partial charge >= 0.3 is 5.97 Å². The topological polar surface area (TPSA) is 136 Å². The average Bonchev–Trinajstić information content (AvgIpc) is 3.39. The molecular weight excluding hydrogens is 484 g/mol. The second-order valence-corrected chi connectivity index (χ2v) is 9.88. The molecule has 1 aliphatic rings. The van der Waals surface area contributed by atoms with E-state index in [1.807, 2.05) is 0 Å². The third-order valence-corrected chi connectivity index (χ3v) is 7.44. The second-order valence-electron chi connectivity index (χ2n) is 7.53. The van der Waals surface area contributed by atoms with E-state index in [0.717, 1.165) is 19.3 Å². The number of ether oxygens (including phenoxy) is 1. The molecule has 1 saturated heterocycles. The summed E-state index contributed by atoms with van der Waals surface area (Å²) in [6.07, 6.45) is 4.02. The molecule has 4 rings (SSSR count). The summed E-state index contributed by atoms with van der Waals surface area (Å²) in [5, 5.41) is 13.5. The number of benzene rings is 2. The van der Waals surface area contributed by atoms with E-state index in [2.05, 4.69) is 20.8 Å². The number of amides is 1. The third-order valence-electron chi connectivity index (χ3n) is 5.22. The fraction of sp³-hybridized carbons (Fsp3) is 0.286. The van der Waals surface area contributed by atoms with Gasteiger partial charge in [-0.05, 0) is 65.7 Å². The lowest BCUT2D eigenvalue weighted by Crippen LogP contribution is -2.35. The number of hydrogen-bond acceptors (Lipinski definition) is 8. The number of carbonyl (C=O) groups excluding carboxylic acids is 2. The molecular formula is C21H21ClN6O5S. The number of piperidine rings is 1. The van der Waals surface area contributed by atoms with Crippen LogP contribution >= 0.6 is 11.6 Å². The summed E-state index contributed by atoms with van der Waals surface area (Å²) in [6, 6.07) is 10.4. The van der Waals surface area contributed by atoms with Crippen molar-refractivity contribution in [2.75, 3.05) is 25.0 Å². The molecule has 0 radical (unpaired) electrons. The number of sulfonamides is 1. The lowest BCUT2D eigenvalue weighted by molar-refractivity contribution is -0.119. The maximum Gasteiger partial charge on any atom is 0.338 e. The predicted molar refractivity (Wildman–Crippen MR) is 122 cm³/mol. The highest BCUT2D eigenvalue weighted by Gasteiger charge is 2.26. The molecule has 1 N–H and O–H groups in total. The Morgan fingerprint density at radius 1 is 1.06 bits per heavy atom. The number of nitrogens with one attached hydrogen (secondary N) is 1. The first-order valence-corrected chi connectivity index (χ1v) is 12.3. The van der Waals surface area contributed by atoms with Gasteiger partial charge in [0.25, 0.3) is 5.91 Å². The standard InChI is InChI=1S/C21H21ClN6O5S/c22-18-9-8-17(34(31,32)27-10-2-1-3-11-27)12-19(18)24-20(29)13-33-21(30)15-4-6-16(7-5-15)28-14-23-25-26-28/h4-9,12,14H,1-3,10-11,13H2,(H,24,29). The second kappa shape index (κ2) is 10.3. The monoisotopic (exact) mass is 504 g/mol. The fourth-order valence-electron chi connectivity index (χ4n) is 3.45. The first kappa shape index (κ1) is 23.8. The Morgan fingerprint density at radius 3 is 2.47 bits per heavy atom. The zero-order valence-corrected chi connectivity index (χ0v) is 19.5. The van der Waals surface area contributed by atoms with E-state index in [9.17, 15) is 18.0 Å². The van der Waals surface area contributed by atoms with Crippen LogP contribution in [0.4, 0.5) is 5.69 Å². The molecule has 1 fully saturated rings. The summed E-state index contributed by atoms with van der Waals surface area (Å²) in [5.41, 5.74) is 0.997. The third kappa shape index (κ3) is 5.41. The number of hydrogen-bond donors (Lipinski definition) is 1. The first-order valence-electron chi connectivity index (χ1n) is 10.4. The first-order chi connectivity index (χ1) is 16.3. The molecule has 178 valence electrons. The number of rotatable bonds is 7. The summed E-state index contributed by atoms with van der Waals surface area (Å²) in [7, 11) is -3.69. The van der Waals surface area contributed by atoms with Gasteiger partial charge in [0.1, 0.15) is 6.33 Å². The molecule has 1 aliphatic heterocycles. The average molecular weight is 505 g/mol.